The number of benzene rings is 1. The van der Waals surface area contributed by atoms with Gasteiger partial charge in [0.05, 0.1) is 33.5 Å². The molecule has 20 heavy (non-hydrogen) atoms. The molecule has 0 aliphatic carbocycles. The number of rotatable bonds is 2. The Morgan fingerprint density at radius 1 is 1.15 bits per heavy atom. The average molecular weight is 310 g/mol. The highest BCUT2D eigenvalue weighted by Crippen LogP contribution is 2.40. The van der Waals surface area contributed by atoms with Crippen LogP contribution in [0, 0.1) is 0 Å². The minimum atomic E-state index is -0.638. The van der Waals surface area contributed by atoms with E-state index < -0.39 is 11.7 Å². The molecule has 3 rings (SSSR count). The smallest absolute Gasteiger partial charge is 0.297 e. The van der Waals surface area contributed by atoms with Gasteiger partial charge in [0.15, 0.2) is 0 Å². The van der Waals surface area contributed by atoms with Gasteiger partial charge in [-0.1, -0.05) is 23.2 Å². The van der Waals surface area contributed by atoms with Gasteiger partial charge in [-0.2, -0.15) is 5.10 Å². The minimum Gasteiger partial charge on any atom is -0.297 e. The Morgan fingerprint density at radius 3 is 2.50 bits per heavy atom. The summed E-state index contributed by atoms with van der Waals surface area (Å²) < 4.78 is 1.62. The first-order valence-corrected chi connectivity index (χ1v) is 6.57. The normalized spacial score (nSPS) is 14.1. The molecule has 102 valence electrons. The van der Waals surface area contributed by atoms with Crippen molar-refractivity contribution in [3.8, 4) is 0 Å². The average Bonchev–Trinajstić information content (AvgIpc) is 2.92. The SMILES string of the molecule is Cn1ccc(CN2C(=O)C(=O)c3c(Cl)ccc(Cl)c32)n1. The lowest BCUT2D eigenvalue weighted by Crippen LogP contribution is -2.29. The number of amides is 1. The number of anilines is 1. The van der Waals surface area contributed by atoms with Crippen LogP contribution in [0.15, 0.2) is 24.4 Å². The van der Waals surface area contributed by atoms with Crippen LogP contribution < -0.4 is 4.90 Å². The summed E-state index contributed by atoms with van der Waals surface area (Å²) in [5.41, 5.74) is 1.19. The molecule has 7 heteroatoms. The zero-order valence-corrected chi connectivity index (χ0v) is 11.9. The molecule has 0 saturated carbocycles. The number of hydrogen-bond acceptors (Lipinski definition) is 3. The fourth-order valence-corrected chi connectivity index (χ4v) is 2.71. The van der Waals surface area contributed by atoms with E-state index in [0.29, 0.717) is 16.4 Å². The quantitative estimate of drug-likeness (QED) is 0.801. The van der Waals surface area contributed by atoms with Gasteiger partial charge in [-0.15, -0.1) is 0 Å². The first-order chi connectivity index (χ1) is 9.49. The Balaban J connectivity index is 2.08. The molecule has 1 amide bonds. The predicted octanol–water partition coefficient (Wildman–Crippen LogP) is 2.46. The first kappa shape index (κ1) is 13.1. The summed E-state index contributed by atoms with van der Waals surface area (Å²) in [6.45, 7) is 0.179. The number of aromatic nitrogens is 2. The number of hydrogen-bond donors (Lipinski definition) is 0. The van der Waals surface area contributed by atoms with Crippen molar-refractivity contribution in [3.63, 3.8) is 0 Å². The third kappa shape index (κ3) is 1.90. The third-order valence-corrected chi connectivity index (χ3v) is 3.72. The fourth-order valence-electron chi connectivity index (χ4n) is 2.21. The number of halogens is 2. The summed E-state index contributed by atoms with van der Waals surface area (Å²) in [5, 5.41) is 4.74. The third-order valence-electron chi connectivity index (χ3n) is 3.10. The lowest BCUT2D eigenvalue weighted by molar-refractivity contribution is -0.114. The van der Waals surface area contributed by atoms with Crippen molar-refractivity contribution in [1.82, 2.24) is 9.78 Å². The van der Waals surface area contributed by atoms with Crippen LogP contribution >= 0.6 is 23.2 Å². The number of carbonyl (C=O) groups excluding carboxylic acids is 2. The summed E-state index contributed by atoms with van der Waals surface area (Å²) in [4.78, 5) is 25.4. The molecule has 1 aliphatic heterocycles. The van der Waals surface area contributed by atoms with Gasteiger partial charge >= 0.3 is 0 Å². The van der Waals surface area contributed by atoms with E-state index in [0.717, 1.165) is 0 Å². The van der Waals surface area contributed by atoms with E-state index in [9.17, 15) is 9.59 Å². The van der Waals surface area contributed by atoms with Gasteiger partial charge in [0.2, 0.25) is 0 Å². The van der Waals surface area contributed by atoms with Gasteiger partial charge in [0, 0.05) is 13.2 Å². The number of carbonyl (C=O) groups is 2. The van der Waals surface area contributed by atoms with Crippen LogP contribution in [0.1, 0.15) is 16.1 Å². The first-order valence-electron chi connectivity index (χ1n) is 5.81. The fraction of sp³-hybridized carbons (Fsp3) is 0.154. The Hall–Kier alpha value is -1.85. The van der Waals surface area contributed by atoms with Gasteiger partial charge in [0.1, 0.15) is 0 Å². The summed E-state index contributed by atoms with van der Waals surface area (Å²) in [6, 6.07) is 4.85. The molecule has 0 unspecified atom stereocenters. The van der Waals surface area contributed by atoms with E-state index in [2.05, 4.69) is 5.10 Å². The molecule has 0 spiro atoms. The predicted molar refractivity (Wildman–Crippen MR) is 75.2 cm³/mol. The van der Waals surface area contributed by atoms with Crippen molar-refractivity contribution >= 4 is 40.6 Å². The molecule has 0 fully saturated rings. The van der Waals surface area contributed by atoms with Crippen molar-refractivity contribution in [2.75, 3.05) is 4.90 Å². The Bertz CT molecular complexity index is 739. The Morgan fingerprint density at radius 2 is 1.85 bits per heavy atom. The largest absolute Gasteiger partial charge is 0.299 e. The lowest BCUT2D eigenvalue weighted by Gasteiger charge is -2.16. The molecule has 2 heterocycles. The standard InChI is InChI=1S/C13H9Cl2N3O2/c1-17-5-4-7(16-17)6-18-11-9(15)3-2-8(14)10(11)12(19)13(18)20/h2-5H,6H2,1H3. The Labute approximate surface area is 124 Å². The number of fused-ring (bicyclic) bond motifs is 1. The van der Waals surface area contributed by atoms with Gasteiger partial charge in [-0.05, 0) is 18.2 Å². The molecule has 0 N–H and O–H groups in total. The van der Waals surface area contributed by atoms with Crippen LogP contribution in [0.25, 0.3) is 0 Å². The second kappa shape index (κ2) is 4.61. The topological polar surface area (TPSA) is 55.2 Å². The molecule has 1 aliphatic rings. The van der Waals surface area contributed by atoms with Gasteiger partial charge in [-0.3, -0.25) is 19.2 Å². The van der Waals surface area contributed by atoms with Gasteiger partial charge in [-0.25, -0.2) is 0 Å². The van der Waals surface area contributed by atoms with Crippen LogP contribution in [0.5, 0.6) is 0 Å². The second-order valence-electron chi connectivity index (χ2n) is 4.45. The Kier molecular flexibility index (Phi) is 3.03. The minimum absolute atomic E-state index is 0.167. The van der Waals surface area contributed by atoms with Crippen molar-refractivity contribution in [3.05, 3.63) is 45.7 Å². The maximum atomic E-state index is 12.1. The van der Waals surface area contributed by atoms with E-state index in [4.69, 9.17) is 23.2 Å². The monoisotopic (exact) mass is 309 g/mol. The summed E-state index contributed by atoms with van der Waals surface area (Å²) in [6.07, 6.45) is 1.76. The van der Waals surface area contributed by atoms with Crippen LogP contribution in [0.2, 0.25) is 10.0 Å². The van der Waals surface area contributed by atoms with Gasteiger partial charge < -0.3 is 0 Å². The van der Waals surface area contributed by atoms with Crippen molar-refractivity contribution in [2.24, 2.45) is 7.05 Å². The van der Waals surface area contributed by atoms with Crippen LogP contribution in [-0.2, 0) is 18.4 Å². The molecule has 0 saturated heterocycles. The molecule has 0 radical (unpaired) electrons. The maximum Gasteiger partial charge on any atom is 0.299 e. The highest BCUT2D eigenvalue weighted by molar-refractivity contribution is 6.56. The maximum absolute atomic E-state index is 12.1. The van der Waals surface area contributed by atoms with E-state index in [-0.39, 0.29) is 17.1 Å². The highest BCUT2D eigenvalue weighted by atomic mass is 35.5. The van der Waals surface area contributed by atoms with E-state index in [1.807, 2.05) is 0 Å². The lowest BCUT2D eigenvalue weighted by atomic mass is 10.1. The summed E-state index contributed by atoms with van der Waals surface area (Å²) in [7, 11) is 1.78. The number of aryl methyl sites for hydroxylation is 1. The van der Waals surface area contributed by atoms with Crippen LogP contribution in [0.4, 0.5) is 5.69 Å². The van der Waals surface area contributed by atoms with E-state index >= 15 is 0 Å². The summed E-state index contributed by atoms with van der Waals surface area (Å²) in [5.74, 6) is -1.27. The van der Waals surface area contributed by atoms with Crippen molar-refractivity contribution in [1.29, 1.82) is 0 Å². The summed E-state index contributed by atoms with van der Waals surface area (Å²) >= 11 is 12.1. The number of nitrogens with zero attached hydrogens (tertiary/aromatic N) is 3. The zero-order chi connectivity index (χ0) is 14.4. The van der Waals surface area contributed by atoms with Gasteiger partial charge in [0.25, 0.3) is 11.7 Å². The molecule has 0 bridgehead atoms. The molecule has 1 aromatic carbocycles. The molecule has 0 atom stereocenters. The molecule has 1 aromatic heterocycles. The molecular formula is C13H9Cl2N3O2. The van der Waals surface area contributed by atoms with Crippen molar-refractivity contribution < 1.29 is 9.59 Å². The second-order valence-corrected chi connectivity index (χ2v) is 5.27. The zero-order valence-electron chi connectivity index (χ0n) is 10.4. The van der Waals surface area contributed by atoms with E-state index in [1.165, 1.54) is 11.0 Å². The van der Waals surface area contributed by atoms with Crippen LogP contribution in [-0.4, -0.2) is 21.5 Å². The van der Waals surface area contributed by atoms with Crippen molar-refractivity contribution in [2.45, 2.75) is 6.54 Å². The highest BCUT2D eigenvalue weighted by Gasteiger charge is 2.39. The van der Waals surface area contributed by atoms with Crippen LogP contribution in [0.3, 0.4) is 0 Å². The molecule has 5 nitrogen and oxygen atoms in total. The molecule has 2 aromatic rings. The number of ketones is 1. The molecular weight excluding hydrogens is 301 g/mol. The van der Waals surface area contributed by atoms with E-state index in [1.54, 1.807) is 30.1 Å². The number of Topliss-reactive ketones (excluding diaryl/α,β-unsaturated/α-hetero) is 1.